The van der Waals surface area contributed by atoms with Crippen molar-refractivity contribution in [1.82, 2.24) is 19.4 Å². The zero-order valence-corrected chi connectivity index (χ0v) is 13.1. The third-order valence-electron chi connectivity index (χ3n) is 4.64. The molecule has 0 aliphatic carbocycles. The molecule has 1 fully saturated rings. The highest BCUT2D eigenvalue weighted by Gasteiger charge is 2.38. The van der Waals surface area contributed by atoms with Crippen LogP contribution in [0, 0.1) is 12.8 Å². The van der Waals surface area contributed by atoms with Gasteiger partial charge in [-0.15, -0.1) is 0 Å². The number of aryl methyl sites for hydroxylation is 1. The quantitative estimate of drug-likeness (QED) is 0.758. The molecule has 0 N–H and O–H groups in total. The molecule has 3 rings (SSSR count). The molecule has 2 aliphatic heterocycles. The Kier molecular flexibility index (Phi) is 3.50. The normalized spacial score (nSPS) is 20.7. The van der Waals surface area contributed by atoms with Crippen LogP contribution in [0.1, 0.15) is 30.4 Å². The summed E-state index contributed by atoms with van der Waals surface area (Å²) in [4.78, 5) is 44.4. The van der Waals surface area contributed by atoms with Gasteiger partial charge < -0.3 is 9.80 Å². The van der Waals surface area contributed by atoms with Gasteiger partial charge >= 0.3 is 0 Å². The molecule has 3 heterocycles. The minimum atomic E-state index is -0.299. The summed E-state index contributed by atoms with van der Waals surface area (Å²) in [5.74, 6) is 0.322. The number of rotatable bonds is 2. The van der Waals surface area contributed by atoms with Crippen molar-refractivity contribution in [2.45, 2.75) is 33.4 Å². The highest BCUT2D eigenvalue weighted by atomic mass is 16.2. The molecule has 1 aromatic heterocycles. The average molecular weight is 304 g/mol. The first kappa shape index (κ1) is 14.7. The second-order valence-electron chi connectivity index (χ2n) is 5.98. The van der Waals surface area contributed by atoms with E-state index in [1.807, 2.05) is 6.92 Å². The molecule has 118 valence electrons. The van der Waals surface area contributed by atoms with Crippen LogP contribution in [0.2, 0.25) is 0 Å². The van der Waals surface area contributed by atoms with E-state index in [9.17, 15) is 14.4 Å². The highest BCUT2D eigenvalue weighted by Crippen LogP contribution is 2.25. The van der Waals surface area contributed by atoms with E-state index in [4.69, 9.17) is 0 Å². The van der Waals surface area contributed by atoms with Gasteiger partial charge in [-0.1, -0.05) is 0 Å². The van der Waals surface area contributed by atoms with Crippen molar-refractivity contribution >= 4 is 11.8 Å². The summed E-state index contributed by atoms with van der Waals surface area (Å²) in [5, 5.41) is 0. The number of hydrogen-bond donors (Lipinski definition) is 0. The maximum atomic E-state index is 12.6. The Hall–Kier alpha value is -2.18. The Bertz CT molecular complexity index is 709. The first-order valence-corrected chi connectivity index (χ1v) is 7.54. The third-order valence-corrected chi connectivity index (χ3v) is 4.64. The van der Waals surface area contributed by atoms with Gasteiger partial charge in [-0.25, -0.2) is 4.98 Å². The lowest BCUT2D eigenvalue weighted by molar-refractivity contribution is -0.136. The van der Waals surface area contributed by atoms with Gasteiger partial charge in [-0.2, -0.15) is 0 Å². The fraction of sp³-hybridized carbons (Fsp3) is 0.600. The largest absolute Gasteiger partial charge is 0.342 e. The van der Waals surface area contributed by atoms with Crippen molar-refractivity contribution < 1.29 is 9.59 Å². The van der Waals surface area contributed by atoms with Crippen molar-refractivity contribution in [3.8, 4) is 0 Å². The minimum Gasteiger partial charge on any atom is -0.342 e. The van der Waals surface area contributed by atoms with E-state index in [0.29, 0.717) is 43.3 Å². The summed E-state index contributed by atoms with van der Waals surface area (Å²) in [6.07, 6.45) is 0.268. The molecule has 0 radical (unpaired) electrons. The maximum Gasteiger partial charge on any atom is 0.258 e. The molecule has 0 saturated carbocycles. The summed E-state index contributed by atoms with van der Waals surface area (Å²) in [6.45, 7) is 5.45. The van der Waals surface area contributed by atoms with Crippen LogP contribution in [-0.2, 0) is 29.7 Å². The molecular formula is C15H20N4O3. The zero-order valence-electron chi connectivity index (χ0n) is 13.1. The van der Waals surface area contributed by atoms with Gasteiger partial charge in [0.25, 0.3) is 5.56 Å². The van der Waals surface area contributed by atoms with E-state index in [1.165, 1.54) is 4.57 Å². The molecule has 2 aliphatic rings. The topological polar surface area (TPSA) is 75.5 Å². The van der Waals surface area contributed by atoms with Gasteiger partial charge in [0.05, 0.1) is 30.3 Å². The molecule has 22 heavy (non-hydrogen) atoms. The van der Waals surface area contributed by atoms with Crippen LogP contribution in [0.3, 0.4) is 0 Å². The lowest BCUT2D eigenvalue weighted by atomic mass is 10.1. The van der Waals surface area contributed by atoms with Crippen LogP contribution in [0.4, 0.5) is 0 Å². The molecular weight excluding hydrogens is 284 g/mol. The summed E-state index contributed by atoms with van der Waals surface area (Å²) in [5.41, 5.74) is 1.19. The molecule has 1 atom stereocenters. The van der Waals surface area contributed by atoms with Crippen molar-refractivity contribution in [1.29, 1.82) is 0 Å². The Balaban J connectivity index is 1.79. The Morgan fingerprint density at radius 3 is 2.68 bits per heavy atom. The van der Waals surface area contributed by atoms with E-state index >= 15 is 0 Å². The summed E-state index contributed by atoms with van der Waals surface area (Å²) >= 11 is 0. The highest BCUT2D eigenvalue weighted by molar-refractivity contribution is 5.89. The van der Waals surface area contributed by atoms with Gasteiger partial charge in [-0.05, 0) is 13.8 Å². The number of hydrogen-bond acceptors (Lipinski definition) is 4. The van der Waals surface area contributed by atoms with E-state index in [1.54, 1.807) is 23.8 Å². The van der Waals surface area contributed by atoms with Crippen molar-refractivity contribution in [3.63, 3.8) is 0 Å². The molecule has 7 nitrogen and oxygen atoms in total. The fourth-order valence-corrected chi connectivity index (χ4v) is 3.19. The first-order chi connectivity index (χ1) is 10.4. The standard InChI is InChI=1S/C15H20N4O3/c1-4-18-6-10(5-13(18)20)14(21)19-7-11-12(8-19)16-9(2)17(3)15(11)22/h10H,4-8H2,1-3H3/t10-/m0/s1. The summed E-state index contributed by atoms with van der Waals surface area (Å²) in [6, 6.07) is 0. The minimum absolute atomic E-state index is 0.0300. The predicted octanol–water partition coefficient (Wildman–Crippen LogP) is -0.201. The number of aromatic nitrogens is 2. The van der Waals surface area contributed by atoms with Crippen LogP contribution >= 0.6 is 0 Å². The Morgan fingerprint density at radius 2 is 2.05 bits per heavy atom. The fourth-order valence-electron chi connectivity index (χ4n) is 3.19. The SMILES string of the molecule is CCN1C[C@@H](C(=O)N2Cc3nc(C)n(C)c(=O)c3C2)CC1=O. The molecule has 0 spiro atoms. The van der Waals surface area contributed by atoms with Gasteiger partial charge in [-0.3, -0.25) is 19.0 Å². The third kappa shape index (κ3) is 2.20. The van der Waals surface area contributed by atoms with Crippen LogP contribution in [0.15, 0.2) is 4.79 Å². The number of carbonyl (C=O) groups is 2. The number of nitrogens with zero attached hydrogens (tertiary/aromatic N) is 4. The second-order valence-corrected chi connectivity index (χ2v) is 5.98. The lowest BCUT2D eigenvalue weighted by Crippen LogP contribution is -2.34. The molecule has 0 bridgehead atoms. The molecule has 1 aromatic rings. The van der Waals surface area contributed by atoms with Gasteiger partial charge in [0.15, 0.2) is 0 Å². The molecule has 1 saturated heterocycles. The summed E-state index contributed by atoms with van der Waals surface area (Å²) in [7, 11) is 1.68. The van der Waals surface area contributed by atoms with E-state index in [0.717, 1.165) is 0 Å². The van der Waals surface area contributed by atoms with Gasteiger partial charge in [0.2, 0.25) is 11.8 Å². The van der Waals surface area contributed by atoms with Crippen LogP contribution in [-0.4, -0.2) is 44.3 Å². The van der Waals surface area contributed by atoms with Gasteiger partial charge in [0, 0.05) is 26.6 Å². The molecule has 0 aromatic carbocycles. The average Bonchev–Trinajstić information content (AvgIpc) is 3.07. The van der Waals surface area contributed by atoms with Crippen molar-refractivity contribution in [2.75, 3.05) is 13.1 Å². The smallest absolute Gasteiger partial charge is 0.258 e. The van der Waals surface area contributed by atoms with Crippen molar-refractivity contribution in [3.05, 3.63) is 27.4 Å². The Morgan fingerprint density at radius 1 is 1.32 bits per heavy atom. The summed E-state index contributed by atoms with van der Waals surface area (Å²) < 4.78 is 1.50. The Labute approximate surface area is 128 Å². The van der Waals surface area contributed by atoms with Crippen LogP contribution < -0.4 is 5.56 Å². The van der Waals surface area contributed by atoms with E-state index in [-0.39, 0.29) is 29.7 Å². The molecule has 2 amide bonds. The van der Waals surface area contributed by atoms with Crippen LogP contribution in [0.25, 0.3) is 0 Å². The number of fused-ring (bicyclic) bond motifs is 1. The number of amides is 2. The van der Waals surface area contributed by atoms with Crippen molar-refractivity contribution in [2.24, 2.45) is 13.0 Å². The number of likely N-dealkylation sites (tertiary alicyclic amines) is 1. The molecule has 0 unspecified atom stereocenters. The second kappa shape index (κ2) is 5.23. The van der Waals surface area contributed by atoms with E-state index in [2.05, 4.69) is 4.98 Å². The predicted molar refractivity (Wildman–Crippen MR) is 78.8 cm³/mol. The van der Waals surface area contributed by atoms with Crippen LogP contribution in [0.5, 0.6) is 0 Å². The maximum absolute atomic E-state index is 12.6. The van der Waals surface area contributed by atoms with E-state index < -0.39 is 0 Å². The zero-order chi connectivity index (χ0) is 16.0. The monoisotopic (exact) mass is 304 g/mol. The first-order valence-electron chi connectivity index (χ1n) is 7.54. The lowest BCUT2D eigenvalue weighted by Gasteiger charge is -2.19. The molecule has 7 heteroatoms. The van der Waals surface area contributed by atoms with Gasteiger partial charge in [0.1, 0.15) is 5.82 Å². The number of carbonyl (C=O) groups excluding carboxylic acids is 2.